The summed E-state index contributed by atoms with van der Waals surface area (Å²) in [5.41, 5.74) is 1.73. The third-order valence-electron chi connectivity index (χ3n) is 2.62. The zero-order valence-corrected chi connectivity index (χ0v) is 11.3. The van der Waals surface area contributed by atoms with Crippen LogP contribution in [0.2, 0.25) is 0 Å². The van der Waals surface area contributed by atoms with Gasteiger partial charge in [0, 0.05) is 0 Å². The summed E-state index contributed by atoms with van der Waals surface area (Å²) >= 11 is 3.37. The van der Waals surface area contributed by atoms with Crippen LogP contribution in [0.25, 0.3) is 5.69 Å². The van der Waals surface area contributed by atoms with Crippen LogP contribution in [0.3, 0.4) is 0 Å². The number of hydrogen-bond acceptors (Lipinski definition) is 2. The molecule has 94 valence electrons. The van der Waals surface area contributed by atoms with Crippen LogP contribution in [0.5, 0.6) is 0 Å². The molecule has 6 heteroatoms. The van der Waals surface area contributed by atoms with Crippen LogP contribution in [-0.4, -0.2) is 20.9 Å². The second kappa shape index (κ2) is 4.53. The summed E-state index contributed by atoms with van der Waals surface area (Å²) in [6.45, 7) is 3.61. The lowest BCUT2D eigenvalue weighted by molar-refractivity contribution is 0.0696. The van der Waals surface area contributed by atoms with Gasteiger partial charge >= 0.3 is 5.97 Å². The van der Waals surface area contributed by atoms with Gasteiger partial charge in [-0.05, 0) is 48.0 Å². The highest BCUT2D eigenvalue weighted by Crippen LogP contribution is 2.25. The topological polar surface area (TPSA) is 55.1 Å². The van der Waals surface area contributed by atoms with E-state index in [9.17, 15) is 9.18 Å². The van der Waals surface area contributed by atoms with Gasteiger partial charge in [0.2, 0.25) is 0 Å². The van der Waals surface area contributed by atoms with E-state index in [1.807, 2.05) is 0 Å². The Morgan fingerprint density at radius 1 is 1.44 bits per heavy atom. The molecule has 4 nitrogen and oxygen atoms in total. The van der Waals surface area contributed by atoms with Crippen molar-refractivity contribution in [2.45, 2.75) is 13.8 Å². The number of halogens is 2. The number of nitrogens with zero attached hydrogens (tertiary/aromatic N) is 2. The smallest absolute Gasteiger partial charge is 0.338 e. The maximum atomic E-state index is 13.1. The number of aromatic nitrogens is 2. The molecule has 1 aromatic heterocycles. The van der Waals surface area contributed by atoms with Gasteiger partial charge in [-0.2, -0.15) is 5.10 Å². The molecule has 0 amide bonds. The lowest BCUT2D eigenvalue weighted by Crippen LogP contribution is -2.08. The second-order valence-corrected chi connectivity index (χ2v) is 4.66. The zero-order chi connectivity index (χ0) is 13.4. The van der Waals surface area contributed by atoms with Crippen molar-refractivity contribution in [2.24, 2.45) is 0 Å². The standard InChI is InChI=1S/C12H10BrFN2O2/c1-6-11(13)7(2)16(15-6)10-4-3-8(14)5-9(10)12(17)18/h3-5H,1-2H3,(H,17,18). The highest BCUT2D eigenvalue weighted by Gasteiger charge is 2.17. The quantitative estimate of drug-likeness (QED) is 0.927. The fourth-order valence-electron chi connectivity index (χ4n) is 1.72. The van der Waals surface area contributed by atoms with Crippen molar-refractivity contribution in [3.05, 3.63) is 45.4 Å². The molecule has 2 rings (SSSR count). The molecule has 18 heavy (non-hydrogen) atoms. The number of aromatic carboxylic acids is 1. The van der Waals surface area contributed by atoms with Crippen molar-refractivity contribution < 1.29 is 14.3 Å². The highest BCUT2D eigenvalue weighted by molar-refractivity contribution is 9.10. The fourth-order valence-corrected chi connectivity index (χ4v) is 1.97. The molecule has 1 heterocycles. The zero-order valence-electron chi connectivity index (χ0n) is 9.74. The monoisotopic (exact) mass is 312 g/mol. The van der Waals surface area contributed by atoms with E-state index < -0.39 is 11.8 Å². The van der Waals surface area contributed by atoms with Crippen molar-refractivity contribution in [1.82, 2.24) is 9.78 Å². The summed E-state index contributed by atoms with van der Waals surface area (Å²) < 4.78 is 15.4. The van der Waals surface area contributed by atoms with Crippen LogP contribution in [0.15, 0.2) is 22.7 Å². The van der Waals surface area contributed by atoms with Crippen LogP contribution in [0, 0.1) is 19.7 Å². The molecule has 0 bridgehead atoms. The minimum Gasteiger partial charge on any atom is -0.478 e. The van der Waals surface area contributed by atoms with Gasteiger partial charge in [-0.25, -0.2) is 13.9 Å². The average molecular weight is 313 g/mol. The van der Waals surface area contributed by atoms with Crippen molar-refractivity contribution in [1.29, 1.82) is 0 Å². The lowest BCUT2D eigenvalue weighted by atomic mass is 10.1. The fraction of sp³-hybridized carbons (Fsp3) is 0.167. The Morgan fingerprint density at radius 2 is 2.11 bits per heavy atom. The number of aryl methyl sites for hydroxylation is 1. The summed E-state index contributed by atoms with van der Waals surface area (Å²) in [7, 11) is 0. The normalized spacial score (nSPS) is 10.7. The summed E-state index contributed by atoms with van der Waals surface area (Å²) in [4.78, 5) is 11.1. The number of carbonyl (C=O) groups is 1. The Morgan fingerprint density at radius 3 is 2.61 bits per heavy atom. The van der Waals surface area contributed by atoms with Gasteiger partial charge in [0.05, 0.1) is 27.1 Å². The van der Waals surface area contributed by atoms with E-state index in [1.165, 1.54) is 16.8 Å². The van der Waals surface area contributed by atoms with Crippen LogP contribution in [0.1, 0.15) is 21.7 Å². The van der Waals surface area contributed by atoms with Gasteiger partial charge in [-0.15, -0.1) is 0 Å². The van der Waals surface area contributed by atoms with Crippen LogP contribution in [0.4, 0.5) is 4.39 Å². The third-order valence-corrected chi connectivity index (χ3v) is 3.77. The first-order valence-corrected chi connectivity index (χ1v) is 5.96. The molecular formula is C12H10BrFN2O2. The number of benzene rings is 1. The molecule has 0 fully saturated rings. The largest absolute Gasteiger partial charge is 0.478 e. The summed E-state index contributed by atoms with van der Waals surface area (Å²) in [6.07, 6.45) is 0. The molecule has 0 aliphatic carbocycles. The lowest BCUT2D eigenvalue weighted by Gasteiger charge is -2.08. The number of carboxylic acids is 1. The second-order valence-electron chi connectivity index (χ2n) is 3.86. The SMILES string of the molecule is Cc1nn(-c2ccc(F)cc2C(=O)O)c(C)c1Br. The first-order valence-electron chi connectivity index (χ1n) is 5.16. The van der Waals surface area contributed by atoms with E-state index in [4.69, 9.17) is 5.11 Å². The number of rotatable bonds is 2. The first kappa shape index (κ1) is 12.8. The molecule has 0 atom stereocenters. The van der Waals surface area contributed by atoms with Crippen molar-refractivity contribution in [2.75, 3.05) is 0 Å². The van der Waals surface area contributed by atoms with E-state index in [2.05, 4.69) is 21.0 Å². The van der Waals surface area contributed by atoms with Crippen LogP contribution >= 0.6 is 15.9 Å². The number of carboxylic acid groups (broad SMARTS) is 1. The Hall–Kier alpha value is -1.69. The number of hydrogen-bond donors (Lipinski definition) is 1. The Bertz CT molecular complexity index is 637. The average Bonchev–Trinajstić information content (AvgIpc) is 2.57. The van der Waals surface area contributed by atoms with Crippen molar-refractivity contribution >= 4 is 21.9 Å². The molecule has 1 aromatic carbocycles. The molecular weight excluding hydrogens is 303 g/mol. The molecule has 0 aliphatic heterocycles. The van der Waals surface area contributed by atoms with Gasteiger partial charge in [0.1, 0.15) is 5.82 Å². The first-order chi connectivity index (χ1) is 8.41. The van der Waals surface area contributed by atoms with E-state index in [0.717, 1.165) is 21.9 Å². The molecule has 0 aliphatic rings. The van der Waals surface area contributed by atoms with Gasteiger partial charge in [0.25, 0.3) is 0 Å². The van der Waals surface area contributed by atoms with E-state index in [1.54, 1.807) is 13.8 Å². The van der Waals surface area contributed by atoms with Crippen molar-refractivity contribution in [3.63, 3.8) is 0 Å². The molecule has 2 aromatic rings. The molecule has 0 saturated heterocycles. The Kier molecular flexibility index (Phi) is 3.21. The minimum atomic E-state index is -1.19. The van der Waals surface area contributed by atoms with Gasteiger partial charge in [-0.1, -0.05) is 0 Å². The maximum Gasteiger partial charge on any atom is 0.338 e. The highest BCUT2D eigenvalue weighted by atomic mass is 79.9. The molecule has 0 saturated carbocycles. The van der Waals surface area contributed by atoms with Crippen molar-refractivity contribution in [3.8, 4) is 5.69 Å². The van der Waals surface area contributed by atoms with Gasteiger partial charge in [0.15, 0.2) is 0 Å². The predicted octanol–water partition coefficient (Wildman–Crippen LogP) is 3.09. The van der Waals surface area contributed by atoms with Gasteiger partial charge in [-0.3, -0.25) is 0 Å². The van der Waals surface area contributed by atoms with Crippen LogP contribution in [-0.2, 0) is 0 Å². The van der Waals surface area contributed by atoms with E-state index in [0.29, 0.717) is 5.69 Å². The van der Waals surface area contributed by atoms with E-state index >= 15 is 0 Å². The summed E-state index contributed by atoms with van der Waals surface area (Å²) in [6, 6.07) is 3.61. The van der Waals surface area contributed by atoms with E-state index in [-0.39, 0.29) is 5.56 Å². The molecule has 0 unspecified atom stereocenters. The minimum absolute atomic E-state index is 0.117. The molecule has 1 N–H and O–H groups in total. The maximum absolute atomic E-state index is 13.1. The molecule has 0 radical (unpaired) electrons. The third kappa shape index (κ3) is 2.03. The summed E-state index contributed by atoms with van der Waals surface area (Å²) in [5, 5.41) is 13.3. The Labute approximate surface area is 111 Å². The molecule has 0 spiro atoms. The van der Waals surface area contributed by atoms with Gasteiger partial charge < -0.3 is 5.11 Å². The van der Waals surface area contributed by atoms with Crippen LogP contribution < -0.4 is 0 Å². The Balaban J connectivity index is 2.71. The predicted molar refractivity (Wildman–Crippen MR) is 67.7 cm³/mol. The summed E-state index contributed by atoms with van der Waals surface area (Å²) in [5.74, 6) is -1.77.